The van der Waals surface area contributed by atoms with E-state index in [1.54, 1.807) is 35.4 Å². The first-order valence-electron chi connectivity index (χ1n) is 11.8. The number of rotatable bonds is 5. The number of nitrogens with zero attached hydrogens (tertiary/aromatic N) is 4. The van der Waals surface area contributed by atoms with E-state index in [2.05, 4.69) is 25.5 Å². The lowest BCUT2D eigenvalue weighted by molar-refractivity contribution is 0.0745. The van der Waals surface area contributed by atoms with Crippen LogP contribution in [0.1, 0.15) is 39.3 Å². The number of hydrogen-bond acceptors (Lipinski definition) is 7. The normalized spacial score (nSPS) is 16.9. The molecule has 0 bridgehead atoms. The molecular formula is C26H23FN6O3. The van der Waals surface area contributed by atoms with E-state index < -0.39 is 11.7 Å². The molecule has 0 saturated carbocycles. The Morgan fingerprint density at radius 1 is 1.19 bits per heavy atom. The Balaban J connectivity index is 1.22. The molecule has 2 aromatic carbocycles. The number of H-pyrrole nitrogens is 1. The molecular weight excluding hydrogens is 463 g/mol. The summed E-state index contributed by atoms with van der Waals surface area (Å²) in [5.41, 5.74) is 2.68. The highest BCUT2D eigenvalue weighted by atomic mass is 19.1. The van der Waals surface area contributed by atoms with E-state index in [1.807, 2.05) is 12.1 Å². The van der Waals surface area contributed by atoms with Crippen LogP contribution in [0.2, 0.25) is 0 Å². The fourth-order valence-electron chi connectivity index (χ4n) is 4.71. The minimum atomic E-state index is -0.589. The van der Waals surface area contributed by atoms with Crippen molar-refractivity contribution in [2.75, 3.05) is 18.5 Å². The van der Waals surface area contributed by atoms with Crippen molar-refractivity contribution in [2.45, 2.75) is 32.0 Å². The Morgan fingerprint density at radius 2 is 2.06 bits per heavy atom. The molecule has 1 fully saturated rings. The first-order valence-corrected chi connectivity index (χ1v) is 11.8. The predicted octanol–water partition coefficient (Wildman–Crippen LogP) is 2.80. The van der Waals surface area contributed by atoms with Crippen LogP contribution in [0.5, 0.6) is 0 Å². The van der Waals surface area contributed by atoms with Gasteiger partial charge >= 0.3 is 0 Å². The lowest BCUT2D eigenvalue weighted by Gasteiger charge is -2.16. The summed E-state index contributed by atoms with van der Waals surface area (Å²) < 4.78 is 20.2. The SMILES string of the molecule is O=C(c1cc(Cc2n[nH]c(=O)c3ccccc23)ccc1F)N1Cc2cnc(NC3CCOC3)nc2C1. The van der Waals surface area contributed by atoms with E-state index in [1.165, 1.54) is 6.07 Å². The molecule has 0 spiro atoms. The molecule has 1 amide bonds. The number of carbonyl (C=O) groups is 1. The molecule has 10 heteroatoms. The number of carbonyl (C=O) groups excluding carboxylic acids is 1. The van der Waals surface area contributed by atoms with Crippen LogP contribution in [0, 0.1) is 5.82 Å². The third-order valence-corrected chi connectivity index (χ3v) is 6.61. The second-order valence-electron chi connectivity index (χ2n) is 9.07. The number of fused-ring (bicyclic) bond motifs is 2. The molecule has 4 heterocycles. The molecule has 182 valence electrons. The number of ether oxygens (including phenoxy) is 1. The summed E-state index contributed by atoms with van der Waals surface area (Å²) in [4.78, 5) is 35.9. The first kappa shape index (κ1) is 22.3. The van der Waals surface area contributed by atoms with E-state index in [0.717, 1.165) is 23.1 Å². The van der Waals surface area contributed by atoms with Gasteiger partial charge in [0.05, 0.1) is 41.5 Å². The smallest absolute Gasteiger partial charge is 0.272 e. The van der Waals surface area contributed by atoms with E-state index in [9.17, 15) is 14.0 Å². The van der Waals surface area contributed by atoms with Crippen molar-refractivity contribution < 1.29 is 13.9 Å². The summed E-state index contributed by atoms with van der Waals surface area (Å²) in [7, 11) is 0. The minimum absolute atomic E-state index is 0.0107. The van der Waals surface area contributed by atoms with Crippen molar-refractivity contribution >= 4 is 22.6 Å². The van der Waals surface area contributed by atoms with Gasteiger partial charge in [-0.15, -0.1) is 0 Å². The third kappa shape index (κ3) is 4.20. The van der Waals surface area contributed by atoms with Crippen molar-refractivity contribution in [3.8, 4) is 0 Å². The van der Waals surface area contributed by atoms with Gasteiger partial charge in [0.25, 0.3) is 11.5 Å². The zero-order valence-electron chi connectivity index (χ0n) is 19.3. The van der Waals surface area contributed by atoms with Crippen molar-refractivity contribution in [3.05, 3.63) is 92.9 Å². The zero-order chi connectivity index (χ0) is 24.6. The van der Waals surface area contributed by atoms with Gasteiger partial charge in [-0.2, -0.15) is 5.10 Å². The van der Waals surface area contributed by atoms with Gasteiger partial charge in [0, 0.05) is 36.7 Å². The van der Waals surface area contributed by atoms with Crippen molar-refractivity contribution in [1.29, 1.82) is 0 Å². The summed E-state index contributed by atoms with van der Waals surface area (Å²) in [6.45, 7) is 1.92. The van der Waals surface area contributed by atoms with Gasteiger partial charge in [-0.25, -0.2) is 19.5 Å². The Morgan fingerprint density at radius 3 is 2.89 bits per heavy atom. The lowest BCUT2D eigenvalue weighted by atomic mass is 10.0. The Kier molecular flexibility index (Phi) is 5.65. The van der Waals surface area contributed by atoms with Crippen LogP contribution in [0.3, 0.4) is 0 Å². The summed E-state index contributed by atoms with van der Waals surface area (Å²) in [5, 5.41) is 11.2. The van der Waals surface area contributed by atoms with E-state index in [-0.39, 0.29) is 23.7 Å². The number of amides is 1. The molecule has 1 unspecified atom stereocenters. The van der Waals surface area contributed by atoms with Gasteiger partial charge in [-0.3, -0.25) is 9.59 Å². The molecule has 2 aliphatic rings. The highest BCUT2D eigenvalue weighted by Gasteiger charge is 2.28. The van der Waals surface area contributed by atoms with Gasteiger partial charge in [0.2, 0.25) is 5.95 Å². The van der Waals surface area contributed by atoms with Gasteiger partial charge in [-0.05, 0) is 30.2 Å². The molecule has 1 atom stereocenters. The van der Waals surface area contributed by atoms with E-state index >= 15 is 0 Å². The van der Waals surface area contributed by atoms with Gasteiger partial charge in [0.15, 0.2) is 0 Å². The second kappa shape index (κ2) is 9.12. The first-order chi connectivity index (χ1) is 17.5. The molecule has 2 aromatic heterocycles. The average Bonchev–Trinajstić information content (AvgIpc) is 3.56. The molecule has 1 saturated heterocycles. The second-order valence-corrected chi connectivity index (χ2v) is 9.07. The Hall–Kier alpha value is -4.18. The third-order valence-electron chi connectivity index (χ3n) is 6.61. The minimum Gasteiger partial charge on any atom is -0.379 e. The molecule has 2 N–H and O–H groups in total. The van der Waals surface area contributed by atoms with E-state index in [0.29, 0.717) is 48.8 Å². The topological polar surface area (TPSA) is 113 Å². The number of anilines is 1. The highest BCUT2D eigenvalue weighted by Crippen LogP contribution is 2.26. The lowest BCUT2D eigenvalue weighted by Crippen LogP contribution is -2.26. The van der Waals surface area contributed by atoms with Crippen LogP contribution >= 0.6 is 0 Å². The number of hydrogen-bond donors (Lipinski definition) is 2. The van der Waals surface area contributed by atoms with Crippen molar-refractivity contribution in [3.63, 3.8) is 0 Å². The molecule has 36 heavy (non-hydrogen) atoms. The maximum absolute atomic E-state index is 14.8. The fraction of sp³-hybridized carbons (Fsp3) is 0.269. The van der Waals surface area contributed by atoms with Crippen LogP contribution in [0.25, 0.3) is 10.8 Å². The molecule has 4 aromatic rings. The summed E-state index contributed by atoms with van der Waals surface area (Å²) in [6, 6.07) is 11.8. The monoisotopic (exact) mass is 486 g/mol. The molecule has 0 aliphatic carbocycles. The van der Waals surface area contributed by atoms with Crippen LogP contribution in [0.15, 0.2) is 53.5 Å². The average molecular weight is 487 g/mol. The van der Waals surface area contributed by atoms with Gasteiger partial charge in [-0.1, -0.05) is 24.3 Å². The van der Waals surface area contributed by atoms with Crippen LogP contribution in [-0.4, -0.2) is 50.2 Å². The number of aromatic amines is 1. The molecule has 2 aliphatic heterocycles. The van der Waals surface area contributed by atoms with Gasteiger partial charge in [0.1, 0.15) is 5.82 Å². The van der Waals surface area contributed by atoms with Crippen LogP contribution < -0.4 is 10.9 Å². The largest absolute Gasteiger partial charge is 0.379 e. The maximum atomic E-state index is 14.8. The molecule has 9 nitrogen and oxygen atoms in total. The number of aromatic nitrogens is 4. The van der Waals surface area contributed by atoms with Crippen molar-refractivity contribution in [2.24, 2.45) is 0 Å². The van der Waals surface area contributed by atoms with Crippen LogP contribution in [0.4, 0.5) is 10.3 Å². The number of halogens is 1. The molecule has 0 radical (unpaired) electrons. The Bertz CT molecular complexity index is 1530. The quantitative estimate of drug-likeness (QED) is 0.446. The molecule has 6 rings (SSSR count). The summed E-state index contributed by atoms with van der Waals surface area (Å²) >= 11 is 0. The summed E-state index contributed by atoms with van der Waals surface area (Å²) in [6.07, 6.45) is 2.95. The zero-order valence-corrected chi connectivity index (χ0v) is 19.3. The number of nitrogens with one attached hydrogen (secondary N) is 2. The standard InChI is InChI=1S/C26H23FN6O3/c27-21-6-5-15(10-22-18-3-1-2-4-19(18)24(34)32-31-22)9-20(21)25(35)33-12-16-11-28-26(30-23(16)13-33)29-17-7-8-36-14-17/h1-6,9,11,17H,7-8,10,12-14H2,(H,32,34)(H,28,29,30). The van der Waals surface area contributed by atoms with Crippen molar-refractivity contribution in [1.82, 2.24) is 25.1 Å². The highest BCUT2D eigenvalue weighted by molar-refractivity contribution is 5.95. The van der Waals surface area contributed by atoms with E-state index in [4.69, 9.17) is 4.74 Å². The number of benzene rings is 2. The predicted molar refractivity (Wildman–Crippen MR) is 130 cm³/mol. The maximum Gasteiger partial charge on any atom is 0.272 e. The van der Waals surface area contributed by atoms with Gasteiger partial charge < -0.3 is 15.0 Å². The summed E-state index contributed by atoms with van der Waals surface area (Å²) in [5.74, 6) is -0.494. The van der Waals surface area contributed by atoms with Crippen LogP contribution in [-0.2, 0) is 24.2 Å². The fourth-order valence-corrected chi connectivity index (χ4v) is 4.71. The Labute approximate surface area is 205 Å².